The highest BCUT2D eigenvalue weighted by molar-refractivity contribution is 7.91. The standard InChI is InChI=1S/C9H10ClFN2O5S/c1-2-18-9(15)13-19(16,17)12-7-4-5(11)3-6(10)8(7)14/h3-4,12,14H,2H2,1H3,(H,13,15). The number of nitrogens with one attached hydrogen (secondary N) is 2. The van der Waals surface area contributed by atoms with Crippen LogP contribution in [0.25, 0.3) is 0 Å². The topological polar surface area (TPSA) is 105 Å². The third kappa shape index (κ3) is 4.45. The first-order valence-corrected chi connectivity index (χ1v) is 6.76. The van der Waals surface area contributed by atoms with Crippen LogP contribution in [0.15, 0.2) is 12.1 Å². The van der Waals surface area contributed by atoms with Crippen molar-refractivity contribution in [3.05, 3.63) is 23.0 Å². The summed E-state index contributed by atoms with van der Waals surface area (Å²) in [7, 11) is -4.37. The van der Waals surface area contributed by atoms with Gasteiger partial charge in [-0.15, -0.1) is 0 Å². The minimum absolute atomic E-state index is 0.0294. The Morgan fingerprint density at radius 2 is 2.16 bits per heavy atom. The fraction of sp³-hybridized carbons (Fsp3) is 0.222. The maximum absolute atomic E-state index is 13.0. The van der Waals surface area contributed by atoms with Crippen LogP contribution in [-0.4, -0.2) is 26.2 Å². The van der Waals surface area contributed by atoms with Gasteiger partial charge in [-0.1, -0.05) is 11.6 Å². The second kappa shape index (κ2) is 5.93. The van der Waals surface area contributed by atoms with Crippen molar-refractivity contribution in [1.82, 2.24) is 4.72 Å². The van der Waals surface area contributed by atoms with Crippen LogP contribution >= 0.6 is 11.6 Å². The molecule has 0 saturated heterocycles. The Morgan fingerprint density at radius 3 is 2.74 bits per heavy atom. The monoisotopic (exact) mass is 312 g/mol. The number of aromatic hydroxyl groups is 1. The van der Waals surface area contributed by atoms with Gasteiger partial charge in [0.25, 0.3) is 0 Å². The lowest BCUT2D eigenvalue weighted by molar-refractivity contribution is 0.159. The Bertz CT molecular complexity index is 593. The van der Waals surface area contributed by atoms with Gasteiger partial charge in [-0.05, 0) is 13.0 Å². The molecule has 0 unspecified atom stereocenters. The van der Waals surface area contributed by atoms with Gasteiger partial charge in [-0.2, -0.15) is 8.42 Å². The predicted molar refractivity (Wildman–Crippen MR) is 65.8 cm³/mol. The highest BCUT2D eigenvalue weighted by Gasteiger charge is 2.18. The average molecular weight is 313 g/mol. The van der Waals surface area contributed by atoms with Crippen molar-refractivity contribution in [2.24, 2.45) is 0 Å². The molecule has 1 aromatic rings. The number of ether oxygens (including phenoxy) is 1. The van der Waals surface area contributed by atoms with Crippen molar-refractivity contribution in [3.63, 3.8) is 0 Å². The van der Waals surface area contributed by atoms with Crippen molar-refractivity contribution in [2.45, 2.75) is 6.92 Å². The second-order valence-electron chi connectivity index (χ2n) is 3.21. The van der Waals surface area contributed by atoms with Gasteiger partial charge in [-0.25, -0.2) is 13.9 Å². The summed E-state index contributed by atoms with van der Waals surface area (Å²) < 4.78 is 43.5. The zero-order valence-electron chi connectivity index (χ0n) is 9.61. The van der Waals surface area contributed by atoms with Crippen LogP contribution in [-0.2, 0) is 14.9 Å². The molecule has 1 aromatic carbocycles. The van der Waals surface area contributed by atoms with E-state index in [0.29, 0.717) is 6.07 Å². The lowest BCUT2D eigenvalue weighted by atomic mass is 10.3. The van der Waals surface area contributed by atoms with E-state index in [4.69, 9.17) is 11.6 Å². The summed E-state index contributed by atoms with van der Waals surface area (Å²) in [5, 5.41) is 9.07. The van der Waals surface area contributed by atoms with Crippen molar-refractivity contribution in [3.8, 4) is 5.75 Å². The van der Waals surface area contributed by atoms with Gasteiger partial charge in [0, 0.05) is 6.07 Å². The van der Waals surface area contributed by atoms with Crippen LogP contribution in [0.3, 0.4) is 0 Å². The Morgan fingerprint density at radius 1 is 1.53 bits per heavy atom. The first kappa shape index (κ1) is 15.3. The van der Waals surface area contributed by atoms with Gasteiger partial charge < -0.3 is 9.84 Å². The number of phenols is 1. The van der Waals surface area contributed by atoms with Gasteiger partial charge >= 0.3 is 16.3 Å². The average Bonchev–Trinajstić information content (AvgIpc) is 2.24. The first-order valence-electron chi connectivity index (χ1n) is 4.90. The zero-order chi connectivity index (χ0) is 14.6. The van der Waals surface area contributed by atoms with E-state index in [1.165, 1.54) is 11.6 Å². The van der Waals surface area contributed by atoms with Crippen LogP contribution in [0.5, 0.6) is 5.75 Å². The molecule has 0 aromatic heterocycles. The minimum atomic E-state index is -4.37. The molecule has 0 aliphatic carbocycles. The summed E-state index contributed by atoms with van der Waals surface area (Å²) >= 11 is 5.47. The maximum Gasteiger partial charge on any atom is 0.422 e. The summed E-state index contributed by atoms with van der Waals surface area (Å²) in [6, 6.07) is 1.50. The highest BCUT2D eigenvalue weighted by atomic mass is 35.5. The molecule has 0 aliphatic heterocycles. The quantitative estimate of drug-likeness (QED) is 0.732. The molecule has 106 valence electrons. The number of benzene rings is 1. The maximum atomic E-state index is 13.0. The number of hydrogen-bond donors (Lipinski definition) is 3. The lowest BCUT2D eigenvalue weighted by Crippen LogP contribution is -2.35. The van der Waals surface area contributed by atoms with Crippen LogP contribution in [0.2, 0.25) is 5.02 Å². The van der Waals surface area contributed by atoms with E-state index >= 15 is 0 Å². The third-order valence-corrected chi connectivity index (χ3v) is 2.98. The van der Waals surface area contributed by atoms with Crippen molar-refractivity contribution in [2.75, 3.05) is 11.3 Å². The molecule has 1 amide bonds. The number of phenolic OH excluding ortho intramolecular Hbond substituents is 1. The molecule has 0 radical (unpaired) electrons. The van der Waals surface area contributed by atoms with Crippen LogP contribution in [0.1, 0.15) is 6.92 Å². The normalized spacial score (nSPS) is 10.9. The molecular weight excluding hydrogens is 303 g/mol. The van der Waals surface area contributed by atoms with Crippen LogP contribution in [0, 0.1) is 5.82 Å². The van der Waals surface area contributed by atoms with Gasteiger partial charge in [0.05, 0.1) is 17.3 Å². The summed E-state index contributed by atoms with van der Waals surface area (Å²) in [6.07, 6.45) is -1.21. The van der Waals surface area contributed by atoms with E-state index < -0.39 is 33.6 Å². The van der Waals surface area contributed by atoms with E-state index in [2.05, 4.69) is 4.74 Å². The van der Waals surface area contributed by atoms with E-state index in [1.807, 2.05) is 0 Å². The molecule has 0 heterocycles. The molecule has 0 bridgehead atoms. The fourth-order valence-corrected chi connectivity index (χ4v) is 2.06. The van der Waals surface area contributed by atoms with Crippen LogP contribution < -0.4 is 9.44 Å². The van der Waals surface area contributed by atoms with Crippen molar-refractivity contribution >= 4 is 33.6 Å². The summed E-state index contributed by atoms with van der Waals surface area (Å²) in [4.78, 5) is 11.0. The second-order valence-corrected chi connectivity index (χ2v) is 5.03. The molecule has 7 nitrogen and oxygen atoms in total. The molecule has 1 rings (SSSR count). The van der Waals surface area contributed by atoms with Gasteiger partial charge in [0.15, 0.2) is 5.75 Å². The Hall–Kier alpha value is -1.74. The predicted octanol–water partition coefficient (Wildman–Crippen LogP) is 1.59. The number of halogens is 2. The van der Waals surface area contributed by atoms with E-state index in [-0.39, 0.29) is 11.6 Å². The largest absolute Gasteiger partial charge is 0.504 e. The SMILES string of the molecule is CCOC(=O)NS(=O)(=O)Nc1cc(F)cc(Cl)c1O. The Balaban J connectivity index is 2.93. The van der Waals surface area contributed by atoms with Crippen molar-refractivity contribution in [1.29, 1.82) is 0 Å². The highest BCUT2D eigenvalue weighted by Crippen LogP contribution is 2.33. The molecule has 0 aliphatic rings. The van der Waals surface area contributed by atoms with E-state index in [9.17, 15) is 22.7 Å². The minimum Gasteiger partial charge on any atom is -0.504 e. The summed E-state index contributed by atoms with van der Waals surface area (Å²) in [5.41, 5.74) is -0.512. The number of carbonyl (C=O) groups is 1. The smallest absolute Gasteiger partial charge is 0.422 e. The number of rotatable bonds is 4. The molecule has 0 fully saturated rings. The first-order chi connectivity index (χ1) is 8.75. The van der Waals surface area contributed by atoms with E-state index in [0.717, 1.165) is 6.07 Å². The molecule has 0 atom stereocenters. The van der Waals surface area contributed by atoms with Crippen molar-refractivity contribution < 1.29 is 27.4 Å². The summed E-state index contributed by atoms with van der Waals surface area (Å²) in [5.74, 6) is -1.53. The third-order valence-electron chi connectivity index (χ3n) is 1.77. The van der Waals surface area contributed by atoms with Gasteiger partial charge in [-0.3, -0.25) is 4.72 Å². The number of hydrogen-bond acceptors (Lipinski definition) is 5. The summed E-state index contributed by atoms with van der Waals surface area (Å²) in [6.45, 7) is 1.45. The van der Waals surface area contributed by atoms with Gasteiger partial charge in [0.1, 0.15) is 5.82 Å². The van der Waals surface area contributed by atoms with Gasteiger partial charge in [0.2, 0.25) is 0 Å². The van der Waals surface area contributed by atoms with Crippen LogP contribution in [0.4, 0.5) is 14.9 Å². The Labute approximate surface area is 113 Å². The number of carbonyl (C=O) groups excluding carboxylic acids is 1. The van der Waals surface area contributed by atoms with E-state index in [1.54, 1.807) is 4.72 Å². The zero-order valence-corrected chi connectivity index (χ0v) is 11.2. The number of anilines is 1. The Kier molecular flexibility index (Phi) is 4.78. The molecule has 0 spiro atoms. The molecule has 10 heteroatoms. The fourth-order valence-electron chi connectivity index (χ4n) is 1.08. The molecule has 3 N–H and O–H groups in total. The molecular formula is C9H10ClFN2O5S. The number of amides is 1. The molecule has 0 saturated carbocycles. The lowest BCUT2D eigenvalue weighted by Gasteiger charge is -2.11. The molecule has 19 heavy (non-hydrogen) atoms.